The monoisotopic (exact) mass is 279 g/mol. The molecule has 0 aromatic carbocycles. The first-order valence-electron chi connectivity index (χ1n) is 7.84. The summed E-state index contributed by atoms with van der Waals surface area (Å²) in [4.78, 5) is 4.44. The molecule has 1 rings (SSSR count). The minimum absolute atomic E-state index is 0.540. The minimum atomic E-state index is 0.540. The molecule has 4 heteroatoms. The molecule has 0 aliphatic rings. The number of nitrogens with one attached hydrogen (secondary N) is 1. The average molecular weight is 279 g/mol. The van der Waals surface area contributed by atoms with Crippen molar-refractivity contribution in [1.29, 1.82) is 0 Å². The highest BCUT2D eigenvalue weighted by atomic mass is 16.5. The Hall–Kier alpha value is -1.45. The van der Waals surface area contributed by atoms with E-state index in [0.29, 0.717) is 24.1 Å². The zero-order valence-electron chi connectivity index (χ0n) is 13.1. The SMILES string of the molecule is CCCCC(CC)CNc1ccc(N)c(OCCC)n1. The smallest absolute Gasteiger partial charge is 0.239 e. The number of hydrogen-bond acceptors (Lipinski definition) is 4. The van der Waals surface area contributed by atoms with Gasteiger partial charge in [-0.2, -0.15) is 4.98 Å². The Morgan fingerprint density at radius 1 is 1.25 bits per heavy atom. The van der Waals surface area contributed by atoms with E-state index in [1.165, 1.54) is 25.7 Å². The molecule has 1 heterocycles. The van der Waals surface area contributed by atoms with Crippen LogP contribution in [0.3, 0.4) is 0 Å². The molecule has 1 atom stereocenters. The molecule has 20 heavy (non-hydrogen) atoms. The fourth-order valence-corrected chi connectivity index (χ4v) is 2.06. The maximum atomic E-state index is 5.86. The van der Waals surface area contributed by atoms with Gasteiger partial charge in [0, 0.05) is 6.54 Å². The largest absolute Gasteiger partial charge is 0.476 e. The summed E-state index contributed by atoms with van der Waals surface area (Å²) in [7, 11) is 0. The van der Waals surface area contributed by atoms with Crippen LogP contribution in [0.1, 0.15) is 52.9 Å². The maximum Gasteiger partial charge on any atom is 0.239 e. The second-order valence-corrected chi connectivity index (χ2v) is 5.24. The molecular weight excluding hydrogens is 250 g/mol. The molecule has 114 valence electrons. The third kappa shape index (κ3) is 5.68. The number of anilines is 2. The third-order valence-corrected chi connectivity index (χ3v) is 3.45. The Morgan fingerprint density at radius 3 is 2.70 bits per heavy atom. The molecular formula is C16H29N3O. The predicted molar refractivity (Wildman–Crippen MR) is 86.2 cm³/mol. The zero-order valence-corrected chi connectivity index (χ0v) is 13.1. The van der Waals surface area contributed by atoms with Crippen molar-refractivity contribution < 1.29 is 4.74 Å². The fourth-order valence-electron chi connectivity index (χ4n) is 2.06. The summed E-state index contributed by atoms with van der Waals surface area (Å²) in [6.45, 7) is 8.15. The number of rotatable bonds is 10. The van der Waals surface area contributed by atoms with Gasteiger partial charge in [0.05, 0.1) is 12.3 Å². The first-order valence-corrected chi connectivity index (χ1v) is 7.84. The zero-order chi connectivity index (χ0) is 14.8. The Kier molecular flexibility index (Phi) is 7.85. The molecule has 1 unspecified atom stereocenters. The minimum Gasteiger partial charge on any atom is -0.476 e. The molecule has 0 aliphatic heterocycles. The van der Waals surface area contributed by atoms with Crippen molar-refractivity contribution in [3.05, 3.63) is 12.1 Å². The average Bonchev–Trinajstić information content (AvgIpc) is 2.47. The van der Waals surface area contributed by atoms with Crippen LogP contribution < -0.4 is 15.8 Å². The van der Waals surface area contributed by atoms with Gasteiger partial charge in [-0.05, 0) is 30.9 Å². The van der Waals surface area contributed by atoms with E-state index in [2.05, 4.69) is 31.1 Å². The summed E-state index contributed by atoms with van der Waals surface area (Å²) in [6, 6.07) is 3.77. The number of nitrogen functional groups attached to an aromatic ring is 1. The van der Waals surface area contributed by atoms with E-state index >= 15 is 0 Å². The Morgan fingerprint density at radius 2 is 2.05 bits per heavy atom. The molecule has 0 spiro atoms. The van der Waals surface area contributed by atoms with E-state index in [1.807, 2.05) is 12.1 Å². The Balaban J connectivity index is 2.54. The first kappa shape index (κ1) is 16.6. The number of aromatic nitrogens is 1. The van der Waals surface area contributed by atoms with Crippen molar-refractivity contribution in [3.8, 4) is 5.88 Å². The van der Waals surface area contributed by atoms with Crippen LogP contribution in [0.2, 0.25) is 0 Å². The summed E-state index contributed by atoms with van der Waals surface area (Å²) < 4.78 is 5.55. The first-order chi connectivity index (χ1) is 9.71. The highest BCUT2D eigenvalue weighted by Crippen LogP contribution is 2.22. The van der Waals surface area contributed by atoms with Gasteiger partial charge in [0.2, 0.25) is 5.88 Å². The van der Waals surface area contributed by atoms with E-state index in [1.54, 1.807) is 0 Å². The van der Waals surface area contributed by atoms with Gasteiger partial charge in [-0.3, -0.25) is 0 Å². The number of hydrogen-bond donors (Lipinski definition) is 2. The maximum absolute atomic E-state index is 5.86. The molecule has 0 amide bonds. The van der Waals surface area contributed by atoms with Crippen LogP contribution in [0.4, 0.5) is 11.5 Å². The van der Waals surface area contributed by atoms with Crippen molar-refractivity contribution in [2.75, 3.05) is 24.2 Å². The fraction of sp³-hybridized carbons (Fsp3) is 0.688. The highest BCUT2D eigenvalue weighted by Gasteiger charge is 2.08. The number of nitrogens with zero attached hydrogens (tertiary/aromatic N) is 1. The summed E-state index contributed by atoms with van der Waals surface area (Å²) in [5.41, 5.74) is 6.46. The number of unbranched alkanes of at least 4 members (excludes halogenated alkanes) is 1. The second-order valence-electron chi connectivity index (χ2n) is 5.24. The Bertz CT molecular complexity index is 382. The van der Waals surface area contributed by atoms with Crippen molar-refractivity contribution >= 4 is 11.5 Å². The van der Waals surface area contributed by atoms with E-state index in [0.717, 1.165) is 18.8 Å². The lowest BCUT2D eigenvalue weighted by atomic mass is 9.99. The molecule has 1 aromatic rings. The number of nitrogens with two attached hydrogens (primary N) is 1. The highest BCUT2D eigenvalue weighted by molar-refractivity contribution is 5.53. The molecule has 3 N–H and O–H groups in total. The van der Waals surface area contributed by atoms with Crippen LogP contribution >= 0.6 is 0 Å². The van der Waals surface area contributed by atoms with E-state index in [9.17, 15) is 0 Å². The predicted octanol–water partition coefficient (Wildman–Crippen LogP) is 4.08. The van der Waals surface area contributed by atoms with Crippen LogP contribution in [0.15, 0.2) is 12.1 Å². The topological polar surface area (TPSA) is 60.2 Å². The Labute approximate surface area is 123 Å². The molecule has 0 aliphatic carbocycles. The van der Waals surface area contributed by atoms with Gasteiger partial charge < -0.3 is 15.8 Å². The van der Waals surface area contributed by atoms with Crippen LogP contribution in [-0.4, -0.2) is 18.1 Å². The van der Waals surface area contributed by atoms with Gasteiger partial charge >= 0.3 is 0 Å². The molecule has 0 saturated heterocycles. The van der Waals surface area contributed by atoms with Gasteiger partial charge in [-0.15, -0.1) is 0 Å². The summed E-state index contributed by atoms with van der Waals surface area (Å²) in [5, 5.41) is 3.40. The van der Waals surface area contributed by atoms with Crippen LogP contribution in [-0.2, 0) is 0 Å². The van der Waals surface area contributed by atoms with Crippen molar-refractivity contribution in [3.63, 3.8) is 0 Å². The van der Waals surface area contributed by atoms with Gasteiger partial charge in [0.1, 0.15) is 5.82 Å². The molecule has 4 nitrogen and oxygen atoms in total. The van der Waals surface area contributed by atoms with Gasteiger partial charge in [0.15, 0.2) is 0 Å². The summed E-state index contributed by atoms with van der Waals surface area (Å²) in [6.07, 6.45) is 5.97. The van der Waals surface area contributed by atoms with E-state index < -0.39 is 0 Å². The van der Waals surface area contributed by atoms with Crippen molar-refractivity contribution in [2.45, 2.75) is 52.9 Å². The second kappa shape index (κ2) is 9.45. The van der Waals surface area contributed by atoms with Crippen LogP contribution in [0.25, 0.3) is 0 Å². The van der Waals surface area contributed by atoms with Gasteiger partial charge in [-0.25, -0.2) is 0 Å². The van der Waals surface area contributed by atoms with Crippen LogP contribution in [0, 0.1) is 5.92 Å². The third-order valence-electron chi connectivity index (χ3n) is 3.45. The van der Waals surface area contributed by atoms with Gasteiger partial charge in [-0.1, -0.05) is 40.0 Å². The van der Waals surface area contributed by atoms with E-state index in [-0.39, 0.29) is 0 Å². The standard InChI is InChI=1S/C16H29N3O/c1-4-7-8-13(6-3)12-18-15-10-9-14(17)16(19-15)20-11-5-2/h9-10,13H,4-8,11-12,17H2,1-3H3,(H,18,19). The molecule has 0 radical (unpaired) electrons. The van der Waals surface area contributed by atoms with Gasteiger partial charge in [0.25, 0.3) is 0 Å². The van der Waals surface area contributed by atoms with Crippen LogP contribution in [0.5, 0.6) is 5.88 Å². The molecule has 0 saturated carbocycles. The molecule has 1 aromatic heterocycles. The quantitative estimate of drug-likeness (QED) is 0.677. The van der Waals surface area contributed by atoms with E-state index in [4.69, 9.17) is 10.5 Å². The van der Waals surface area contributed by atoms with Crippen molar-refractivity contribution in [2.24, 2.45) is 5.92 Å². The number of pyridine rings is 1. The molecule has 0 bridgehead atoms. The lowest BCUT2D eigenvalue weighted by Gasteiger charge is -2.16. The van der Waals surface area contributed by atoms with Crippen molar-refractivity contribution in [1.82, 2.24) is 4.98 Å². The lowest BCUT2D eigenvalue weighted by molar-refractivity contribution is 0.307. The molecule has 0 fully saturated rings. The summed E-state index contributed by atoms with van der Waals surface area (Å²) in [5.74, 6) is 2.09. The lowest BCUT2D eigenvalue weighted by Crippen LogP contribution is -2.15. The number of ether oxygens (including phenoxy) is 1. The normalized spacial score (nSPS) is 12.2. The summed E-state index contributed by atoms with van der Waals surface area (Å²) >= 11 is 0.